The number of hydrogen-bond donors (Lipinski definition) is 1. The molecule has 12 heavy (non-hydrogen) atoms. The Morgan fingerprint density at radius 1 is 1.25 bits per heavy atom. The molecule has 0 saturated carbocycles. The predicted octanol–water partition coefficient (Wildman–Crippen LogP) is 1.85. The van der Waals surface area contributed by atoms with Crippen molar-refractivity contribution in [2.24, 2.45) is 0 Å². The van der Waals surface area contributed by atoms with Gasteiger partial charge in [0, 0.05) is 0 Å². The van der Waals surface area contributed by atoms with Crippen LogP contribution in [-0.2, 0) is 4.79 Å². The molecule has 0 aromatic heterocycles. The number of carbonyl (C=O) groups is 1. The number of aliphatic hydroxyl groups is 1. The van der Waals surface area contributed by atoms with Gasteiger partial charge in [0.15, 0.2) is 5.78 Å². The van der Waals surface area contributed by atoms with Crippen LogP contribution in [0.15, 0.2) is 23.3 Å². The average molecular weight is 168 g/mol. The standard InChI is InChI=1S/C10H16O2/c1-7(9(3)11)5-6-8(2)10(4)12/h5-6,9,11H,1-4H3. The van der Waals surface area contributed by atoms with Gasteiger partial charge in [-0.3, -0.25) is 4.79 Å². The average Bonchev–Trinajstić information content (AvgIpc) is 1.98. The fourth-order valence-corrected chi connectivity index (χ4v) is 0.513. The molecule has 0 amide bonds. The zero-order valence-corrected chi connectivity index (χ0v) is 8.09. The molecule has 0 heterocycles. The molecule has 0 bridgehead atoms. The summed E-state index contributed by atoms with van der Waals surface area (Å²) in [5, 5.41) is 9.09. The van der Waals surface area contributed by atoms with E-state index in [9.17, 15) is 4.79 Å². The summed E-state index contributed by atoms with van der Waals surface area (Å²) in [4.78, 5) is 10.8. The van der Waals surface area contributed by atoms with Crippen LogP contribution in [0.5, 0.6) is 0 Å². The van der Waals surface area contributed by atoms with E-state index in [2.05, 4.69) is 0 Å². The fourth-order valence-electron chi connectivity index (χ4n) is 0.513. The van der Waals surface area contributed by atoms with Crippen LogP contribution >= 0.6 is 0 Å². The summed E-state index contributed by atoms with van der Waals surface area (Å²) in [6.07, 6.45) is 3.05. The first-order valence-corrected chi connectivity index (χ1v) is 3.99. The number of carbonyl (C=O) groups excluding carboxylic acids is 1. The summed E-state index contributed by atoms with van der Waals surface area (Å²) in [7, 11) is 0. The van der Waals surface area contributed by atoms with Crippen molar-refractivity contribution in [2.75, 3.05) is 0 Å². The Hall–Kier alpha value is -0.890. The maximum absolute atomic E-state index is 10.8. The van der Waals surface area contributed by atoms with Crippen molar-refractivity contribution in [1.29, 1.82) is 0 Å². The molecule has 0 radical (unpaired) electrons. The number of hydrogen-bond acceptors (Lipinski definition) is 2. The van der Waals surface area contributed by atoms with E-state index in [1.54, 1.807) is 26.0 Å². The lowest BCUT2D eigenvalue weighted by Crippen LogP contribution is -2.00. The van der Waals surface area contributed by atoms with Crippen LogP contribution in [0, 0.1) is 0 Å². The van der Waals surface area contributed by atoms with Crippen LogP contribution in [-0.4, -0.2) is 17.0 Å². The molecule has 0 aromatic carbocycles. The van der Waals surface area contributed by atoms with Crippen molar-refractivity contribution in [1.82, 2.24) is 0 Å². The van der Waals surface area contributed by atoms with Crippen molar-refractivity contribution < 1.29 is 9.90 Å². The van der Waals surface area contributed by atoms with Crippen LogP contribution < -0.4 is 0 Å². The monoisotopic (exact) mass is 168 g/mol. The maximum atomic E-state index is 10.8. The van der Waals surface area contributed by atoms with Crippen LogP contribution in [0.25, 0.3) is 0 Å². The van der Waals surface area contributed by atoms with E-state index in [1.807, 2.05) is 6.92 Å². The van der Waals surface area contributed by atoms with E-state index in [0.29, 0.717) is 5.57 Å². The molecule has 0 aromatic rings. The Bertz CT molecular complexity index is 222. The Morgan fingerprint density at radius 3 is 2.08 bits per heavy atom. The summed E-state index contributed by atoms with van der Waals surface area (Å²) in [6.45, 7) is 6.81. The largest absolute Gasteiger partial charge is 0.389 e. The third-order valence-corrected chi connectivity index (χ3v) is 1.81. The van der Waals surface area contributed by atoms with E-state index in [1.165, 1.54) is 6.92 Å². The molecule has 0 rings (SSSR count). The van der Waals surface area contributed by atoms with Gasteiger partial charge < -0.3 is 5.11 Å². The van der Waals surface area contributed by atoms with E-state index in [0.717, 1.165) is 5.57 Å². The number of rotatable bonds is 3. The zero-order chi connectivity index (χ0) is 9.72. The summed E-state index contributed by atoms with van der Waals surface area (Å²) in [5.41, 5.74) is 1.56. The summed E-state index contributed by atoms with van der Waals surface area (Å²) < 4.78 is 0. The SMILES string of the molecule is CC(=O)C(C)=CC=C(C)C(C)O. The van der Waals surface area contributed by atoms with Gasteiger partial charge in [-0.15, -0.1) is 0 Å². The van der Waals surface area contributed by atoms with Crippen LogP contribution in [0.1, 0.15) is 27.7 Å². The fraction of sp³-hybridized carbons (Fsp3) is 0.500. The Kier molecular flexibility index (Phi) is 4.52. The second-order valence-electron chi connectivity index (χ2n) is 2.99. The quantitative estimate of drug-likeness (QED) is 0.516. The van der Waals surface area contributed by atoms with Crippen molar-refractivity contribution >= 4 is 5.78 Å². The van der Waals surface area contributed by atoms with Crippen LogP contribution in [0.4, 0.5) is 0 Å². The molecule has 68 valence electrons. The Balaban J connectivity index is 4.38. The molecule has 1 unspecified atom stereocenters. The van der Waals surface area contributed by atoms with Gasteiger partial charge in [0.05, 0.1) is 6.10 Å². The van der Waals surface area contributed by atoms with Crippen molar-refractivity contribution in [3.63, 3.8) is 0 Å². The van der Waals surface area contributed by atoms with Gasteiger partial charge in [0.25, 0.3) is 0 Å². The minimum absolute atomic E-state index is 0.0599. The molecule has 0 fully saturated rings. The normalized spacial score (nSPS) is 16.1. The molecule has 2 heteroatoms. The van der Waals surface area contributed by atoms with Crippen LogP contribution in [0.2, 0.25) is 0 Å². The minimum atomic E-state index is -0.444. The third-order valence-electron chi connectivity index (χ3n) is 1.81. The van der Waals surface area contributed by atoms with Gasteiger partial charge in [-0.1, -0.05) is 12.2 Å². The Labute approximate surface area is 73.6 Å². The highest BCUT2D eigenvalue weighted by Gasteiger charge is 1.97. The number of aliphatic hydroxyl groups excluding tert-OH is 1. The second-order valence-corrected chi connectivity index (χ2v) is 2.99. The molecular formula is C10H16O2. The first-order valence-electron chi connectivity index (χ1n) is 3.99. The van der Waals surface area contributed by atoms with Gasteiger partial charge in [-0.2, -0.15) is 0 Å². The highest BCUT2D eigenvalue weighted by atomic mass is 16.3. The molecular weight excluding hydrogens is 152 g/mol. The van der Waals surface area contributed by atoms with E-state index in [-0.39, 0.29) is 5.78 Å². The predicted molar refractivity (Wildman–Crippen MR) is 49.9 cm³/mol. The minimum Gasteiger partial charge on any atom is -0.389 e. The van der Waals surface area contributed by atoms with Gasteiger partial charge in [-0.25, -0.2) is 0 Å². The van der Waals surface area contributed by atoms with Crippen molar-refractivity contribution in [2.45, 2.75) is 33.8 Å². The highest BCUT2D eigenvalue weighted by Crippen LogP contribution is 2.02. The lowest BCUT2D eigenvalue weighted by Gasteiger charge is -2.01. The molecule has 0 aliphatic carbocycles. The van der Waals surface area contributed by atoms with Crippen molar-refractivity contribution in [3.8, 4) is 0 Å². The molecule has 0 aliphatic rings. The summed E-state index contributed by atoms with van der Waals surface area (Å²) in [6, 6.07) is 0. The Morgan fingerprint density at radius 2 is 1.75 bits per heavy atom. The summed E-state index contributed by atoms with van der Waals surface area (Å²) >= 11 is 0. The van der Waals surface area contributed by atoms with E-state index >= 15 is 0 Å². The third kappa shape index (κ3) is 4.09. The number of Topliss-reactive ketones (excluding diaryl/α,β-unsaturated/α-hetero) is 1. The second kappa shape index (κ2) is 4.88. The van der Waals surface area contributed by atoms with E-state index in [4.69, 9.17) is 5.11 Å². The lowest BCUT2D eigenvalue weighted by molar-refractivity contribution is -0.113. The molecule has 2 nitrogen and oxygen atoms in total. The number of ketones is 1. The van der Waals surface area contributed by atoms with Gasteiger partial charge in [-0.05, 0) is 38.8 Å². The maximum Gasteiger partial charge on any atom is 0.155 e. The smallest absolute Gasteiger partial charge is 0.155 e. The molecule has 0 saturated heterocycles. The highest BCUT2D eigenvalue weighted by molar-refractivity contribution is 5.92. The van der Waals surface area contributed by atoms with Gasteiger partial charge >= 0.3 is 0 Å². The molecule has 1 atom stereocenters. The molecule has 1 N–H and O–H groups in total. The lowest BCUT2D eigenvalue weighted by atomic mass is 10.1. The summed E-state index contributed by atoms with van der Waals surface area (Å²) in [5.74, 6) is 0.0599. The zero-order valence-electron chi connectivity index (χ0n) is 8.09. The molecule has 0 aliphatic heterocycles. The topological polar surface area (TPSA) is 37.3 Å². The first-order chi connectivity index (χ1) is 5.45. The van der Waals surface area contributed by atoms with E-state index < -0.39 is 6.10 Å². The molecule has 0 spiro atoms. The van der Waals surface area contributed by atoms with Gasteiger partial charge in [0.1, 0.15) is 0 Å². The van der Waals surface area contributed by atoms with Crippen LogP contribution in [0.3, 0.4) is 0 Å². The first kappa shape index (κ1) is 11.1. The van der Waals surface area contributed by atoms with Crippen molar-refractivity contribution in [3.05, 3.63) is 23.3 Å². The van der Waals surface area contributed by atoms with Gasteiger partial charge in [0.2, 0.25) is 0 Å². The number of allylic oxidation sites excluding steroid dienone is 3.